The molecule has 0 unspecified atom stereocenters. The number of pyridine rings is 1. The highest BCUT2D eigenvalue weighted by atomic mass is 32.1. The van der Waals surface area contributed by atoms with Crippen molar-refractivity contribution in [3.8, 4) is 5.75 Å². The third-order valence-corrected chi connectivity index (χ3v) is 6.90. The van der Waals surface area contributed by atoms with Crippen LogP contribution in [0, 0.1) is 5.92 Å². The third-order valence-electron chi connectivity index (χ3n) is 5.80. The second-order valence-corrected chi connectivity index (χ2v) is 8.66. The minimum absolute atomic E-state index is 0.0240. The molecule has 1 aliphatic heterocycles. The van der Waals surface area contributed by atoms with Gasteiger partial charge in [0.2, 0.25) is 5.91 Å². The average molecular weight is 434 g/mol. The topological polar surface area (TPSA) is 80.2 Å². The van der Waals surface area contributed by atoms with Crippen LogP contribution in [0.1, 0.15) is 18.4 Å². The number of carbonyl (C=O) groups is 1. The number of benzene rings is 1. The van der Waals surface area contributed by atoms with Gasteiger partial charge in [-0.2, -0.15) is 0 Å². The molecule has 0 spiro atoms. The van der Waals surface area contributed by atoms with Crippen LogP contribution in [0.25, 0.3) is 20.4 Å². The lowest BCUT2D eigenvalue weighted by atomic mass is 9.95. The summed E-state index contributed by atoms with van der Waals surface area (Å²) in [7, 11) is 1.65. The van der Waals surface area contributed by atoms with Gasteiger partial charge in [0.05, 0.1) is 17.3 Å². The number of hydrogen-bond donors (Lipinski definition) is 1. The molecule has 1 fully saturated rings. The van der Waals surface area contributed by atoms with Gasteiger partial charge in [0.1, 0.15) is 22.7 Å². The highest BCUT2D eigenvalue weighted by molar-refractivity contribution is 7.25. The normalized spacial score (nSPS) is 14.8. The summed E-state index contributed by atoms with van der Waals surface area (Å²) in [4.78, 5) is 29.5. The SMILES string of the molecule is COc1ccc(CNC(=O)C2CCN(c3ncnc4c3sc3ncccc34)CC2)cc1. The number of amides is 1. The fourth-order valence-electron chi connectivity index (χ4n) is 4.05. The first kappa shape index (κ1) is 19.7. The molecule has 1 saturated heterocycles. The van der Waals surface area contributed by atoms with Gasteiger partial charge in [0.25, 0.3) is 0 Å². The van der Waals surface area contributed by atoms with E-state index in [0.717, 1.165) is 63.5 Å². The van der Waals surface area contributed by atoms with Crippen molar-refractivity contribution in [2.75, 3.05) is 25.1 Å². The van der Waals surface area contributed by atoms with Crippen LogP contribution in [0.3, 0.4) is 0 Å². The van der Waals surface area contributed by atoms with Crippen LogP contribution in [0.4, 0.5) is 5.82 Å². The van der Waals surface area contributed by atoms with Crippen LogP contribution in [-0.4, -0.2) is 41.1 Å². The van der Waals surface area contributed by atoms with Crippen LogP contribution in [-0.2, 0) is 11.3 Å². The minimum Gasteiger partial charge on any atom is -0.497 e. The lowest BCUT2D eigenvalue weighted by Crippen LogP contribution is -2.40. The molecule has 0 bridgehead atoms. The number of nitrogens with one attached hydrogen (secondary N) is 1. The smallest absolute Gasteiger partial charge is 0.223 e. The molecular weight excluding hydrogens is 410 g/mol. The predicted molar refractivity (Wildman–Crippen MR) is 122 cm³/mol. The molecule has 1 amide bonds. The van der Waals surface area contributed by atoms with E-state index in [-0.39, 0.29) is 11.8 Å². The molecule has 1 N–H and O–H groups in total. The molecule has 0 radical (unpaired) electrons. The maximum Gasteiger partial charge on any atom is 0.223 e. The van der Waals surface area contributed by atoms with Crippen molar-refractivity contribution in [3.05, 3.63) is 54.5 Å². The van der Waals surface area contributed by atoms with E-state index >= 15 is 0 Å². The van der Waals surface area contributed by atoms with Gasteiger partial charge < -0.3 is 15.0 Å². The van der Waals surface area contributed by atoms with E-state index in [2.05, 4.69) is 31.2 Å². The van der Waals surface area contributed by atoms with Gasteiger partial charge in [-0.05, 0) is 42.7 Å². The summed E-state index contributed by atoms with van der Waals surface area (Å²) in [6, 6.07) is 11.8. The second-order valence-electron chi connectivity index (χ2n) is 7.66. The molecule has 158 valence electrons. The summed E-state index contributed by atoms with van der Waals surface area (Å²) >= 11 is 1.63. The maximum atomic E-state index is 12.7. The van der Waals surface area contributed by atoms with Crippen LogP contribution >= 0.6 is 11.3 Å². The van der Waals surface area contributed by atoms with Crippen molar-refractivity contribution in [2.24, 2.45) is 5.92 Å². The molecule has 3 aromatic heterocycles. The second kappa shape index (κ2) is 8.47. The number of methoxy groups -OCH3 is 1. The van der Waals surface area contributed by atoms with Crippen LogP contribution in [0.15, 0.2) is 48.9 Å². The summed E-state index contributed by atoms with van der Waals surface area (Å²) in [5.41, 5.74) is 2.02. The van der Waals surface area contributed by atoms with E-state index < -0.39 is 0 Å². The van der Waals surface area contributed by atoms with Crippen molar-refractivity contribution in [1.82, 2.24) is 20.3 Å². The first-order valence-corrected chi connectivity index (χ1v) is 11.2. The molecule has 8 heteroatoms. The standard InChI is InChI=1S/C23H23N5O2S/c1-30-17-6-4-15(5-7-17)13-25-22(29)16-8-11-28(12-9-16)21-20-19(26-14-27-21)18-3-2-10-24-23(18)31-20/h2-7,10,14,16H,8-9,11-13H2,1H3,(H,25,29). The predicted octanol–water partition coefficient (Wildman–Crippen LogP) is 3.78. The number of ether oxygens (including phenoxy) is 1. The van der Waals surface area contributed by atoms with Gasteiger partial charge in [0.15, 0.2) is 0 Å². The zero-order valence-corrected chi connectivity index (χ0v) is 18.1. The Hall–Kier alpha value is -3.26. The first-order chi connectivity index (χ1) is 15.2. The van der Waals surface area contributed by atoms with Crippen molar-refractivity contribution >= 4 is 43.5 Å². The molecule has 4 heterocycles. The van der Waals surface area contributed by atoms with Crippen molar-refractivity contribution in [1.29, 1.82) is 0 Å². The number of piperidine rings is 1. The Bertz CT molecular complexity index is 1220. The summed E-state index contributed by atoms with van der Waals surface area (Å²) in [6.07, 6.45) is 5.05. The number of aromatic nitrogens is 3. The lowest BCUT2D eigenvalue weighted by Gasteiger charge is -2.32. The third kappa shape index (κ3) is 3.90. The van der Waals surface area contributed by atoms with Gasteiger partial charge >= 0.3 is 0 Å². The minimum atomic E-state index is 0.0240. The van der Waals surface area contributed by atoms with E-state index in [4.69, 9.17) is 4.74 Å². The quantitative estimate of drug-likeness (QED) is 0.516. The maximum absolute atomic E-state index is 12.7. The van der Waals surface area contributed by atoms with Gasteiger partial charge in [-0.25, -0.2) is 15.0 Å². The van der Waals surface area contributed by atoms with E-state index in [0.29, 0.717) is 6.54 Å². The van der Waals surface area contributed by atoms with Crippen LogP contribution in [0.2, 0.25) is 0 Å². The summed E-state index contributed by atoms with van der Waals surface area (Å²) in [5, 5.41) is 4.15. The van der Waals surface area contributed by atoms with Gasteiger partial charge in [0, 0.05) is 37.1 Å². The van der Waals surface area contributed by atoms with Gasteiger partial charge in [-0.1, -0.05) is 12.1 Å². The largest absolute Gasteiger partial charge is 0.497 e. The summed E-state index contributed by atoms with van der Waals surface area (Å²) in [5.74, 6) is 1.91. The fourth-order valence-corrected chi connectivity index (χ4v) is 5.17. The molecule has 0 saturated carbocycles. The Morgan fingerprint density at radius 2 is 1.97 bits per heavy atom. The Morgan fingerprint density at radius 1 is 1.16 bits per heavy atom. The number of anilines is 1. The number of hydrogen-bond acceptors (Lipinski definition) is 7. The molecule has 1 aromatic carbocycles. The van der Waals surface area contributed by atoms with E-state index in [1.54, 1.807) is 31.0 Å². The Morgan fingerprint density at radius 3 is 2.74 bits per heavy atom. The number of carbonyl (C=O) groups excluding carboxylic acids is 1. The van der Waals surface area contributed by atoms with E-state index in [1.807, 2.05) is 30.3 Å². The Balaban J connectivity index is 1.23. The number of fused-ring (bicyclic) bond motifs is 3. The van der Waals surface area contributed by atoms with Crippen molar-refractivity contribution in [3.63, 3.8) is 0 Å². The molecule has 31 heavy (non-hydrogen) atoms. The molecule has 7 nitrogen and oxygen atoms in total. The molecule has 5 rings (SSSR count). The lowest BCUT2D eigenvalue weighted by molar-refractivity contribution is -0.125. The monoisotopic (exact) mass is 433 g/mol. The molecule has 1 aliphatic rings. The fraction of sp³-hybridized carbons (Fsp3) is 0.304. The Labute approximate surface area is 184 Å². The van der Waals surface area contributed by atoms with Crippen molar-refractivity contribution < 1.29 is 9.53 Å². The highest BCUT2D eigenvalue weighted by Gasteiger charge is 2.27. The Kier molecular flexibility index (Phi) is 5.38. The van der Waals surface area contributed by atoms with E-state index in [1.165, 1.54) is 0 Å². The molecule has 0 atom stereocenters. The molecule has 0 aliphatic carbocycles. The summed E-state index contributed by atoms with van der Waals surface area (Å²) < 4.78 is 6.24. The zero-order valence-electron chi connectivity index (χ0n) is 17.2. The number of nitrogens with zero attached hydrogens (tertiary/aromatic N) is 4. The van der Waals surface area contributed by atoms with Gasteiger partial charge in [-0.3, -0.25) is 4.79 Å². The zero-order chi connectivity index (χ0) is 21.2. The highest BCUT2D eigenvalue weighted by Crippen LogP contribution is 2.37. The molecular formula is C23H23N5O2S. The average Bonchev–Trinajstić information content (AvgIpc) is 3.22. The van der Waals surface area contributed by atoms with Crippen LogP contribution in [0.5, 0.6) is 5.75 Å². The van der Waals surface area contributed by atoms with E-state index in [9.17, 15) is 4.79 Å². The summed E-state index contributed by atoms with van der Waals surface area (Å²) in [6.45, 7) is 2.13. The van der Waals surface area contributed by atoms with Crippen molar-refractivity contribution in [2.45, 2.75) is 19.4 Å². The van der Waals surface area contributed by atoms with Crippen LogP contribution < -0.4 is 15.0 Å². The molecule has 4 aromatic rings. The van der Waals surface area contributed by atoms with Gasteiger partial charge in [-0.15, -0.1) is 11.3 Å². The number of rotatable bonds is 5. The first-order valence-electron chi connectivity index (χ1n) is 10.4. The number of thiophene rings is 1.